The maximum atomic E-state index is 12.2. The maximum absolute atomic E-state index is 12.2. The first-order valence-corrected chi connectivity index (χ1v) is 7.68. The Morgan fingerprint density at radius 2 is 1.71 bits per heavy atom. The Balaban J connectivity index is 2.02. The number of aryl methyl sites for hydroxylation is 1. The summed E-state index contributed by atoms with van der Waals surface area (Å²) in [5, 5.41) is 14.5. The summed E-state index contributed by atoms with van der Waals surface area (Å²) in [5.74, 6) is -4.28. The van der Waals surface area contributed by atoms with Crippen LogP contribution in [0.5, 0.6) is 0 Å². The molecule has 1 spiro atoms. The third kappa shape index (κ3) is 2.48. The van der Waals surface area contributed by atoms with E-state index < -0.39 is 23.1 Å². The van der Waals surface area contributed by atoms with Gasteiger partial charge < -0.3 is 9.94 Å². The highest BCUT2D eigenvalue weighted by Crippen LogP contribution is 2.47. The number of oxime groups is 1. The molecule has 6 heteroatoms. The molecule has 24 heavy (non-hydrogen) atoms. The van der Waals surface area contributed by atoms with Crippen LogP contribution in [0.1, 0.15) is 38.3 Å². The Morgan fingerprint density at radius 3 is 2.25 bits per heavy atom. The van der Waals surface area contributed by atoms with Gasteiger partial charge in [-0.3, -0.25) is 14.3 Å². The van der Waals surface area contributed by atoms with Crippen molar-refractivity contribution in [3.8, 4) is 0 Å². The number of nitrogens with zero attached hydrogens (tertiary/aromatic N) is 1. The lowest BCUT2D eigenvalue weighted by molar-refractivity contribution is -0.281. The Hall–Kier alpha value is -2.31. The van der Waals surface area contributed by atoms with Crippen molar-refractivity contribution in [2.45, 2.75) is 45.7 Å². The molecular formula is C18H19NO5. The number of carbonyl (C=O) groups excluding carboxylic acids is 2. The highest BCUT2D eigenvalue weighted by molar-refractivity contribution is 6.10. The molecule has 2 aliphatic rings. The first kappa shape index (κ1) is 16.5. The minimum atomic E-state index is -1.90. The fourth-order valence-electron chi connectivity index (χ4n) is 3.30. The second kappa shape index (κ2) is 5.36. The largest absolute Gasteiger partial charge is 0.362 e. The molecule has 1 aromatic rings. The summed E-state index contributed by atoms with van der Waals surface area (Å²) in [4.78, 5) is 29.6. The fraction of sp³-hybridized carbons (Fsp3) is 0.389. The van der Waals surface area contributed by atoms with Gasteiger partial charge in [0.15, 0.2) is 17.4 Å². The van der Waals surface area contributed by atoms with Gasteiger partial charge in [0, 0.05) is 0 Å². The van der Waals surface area contributed by atoms with E-state index in [1.54, 1.807) is 0 Å². The molecule has 3 rings (SSSR count). The summed E-state index contributed by atoms with van der Waals surface area (Å²) in [5.41, 5.74) is 2.49. The van der Waals surface area contributed by atoms with Gasteiger partial charge in [0.2, 0.25) is 0 Å². The molecule has 1 aromatic carbocycles. The highest BCUT2D eigenvalue weighted by atomic mass is 16.8. The lowest BCUT2D eigenvalue weighted by Crippen LogP contribution is -2.39. The van der Waals surface area contributed by atoms with Gasteiger partial charge in [-0.15, -0.1) is 0 Å². The predicted octanol–water partition coefficient (Wildman–Crippen LogP) is 2.03. The van der Waals surface area contributed by atoms with Crippen molar-refractivity contribution in [3.63, 3.8) is 0 Å². The molecular weight excluding hydrogens is 310 g/mol. The van der Waals surface area contributed by atoms with E-state index in [-0.39, 0.29) is 17.6 Å². The SMILES string of the molecule is CC(=O)C1=C(C(C)=O)[C@](C)(O)O[C@]12CC(c1ccc(C)cc1)=NO2. The van der Waals surface area contributed by atoms with E-state index in [1.165, 1.54) is 20.8 Å². The van der Waals surface area contributed by atoms with E-state index in [9.17, 15) is 14.7 Å². The number of hydrogen-bond acceptors (Lipinski definition) is 6. The number of aliphatic hydroxyl groups is 1. The van der Waals surface area contributed by atoms with Crippen molar-refractivity contribution < 1.29 is 24.3 Å². The van der Waals surface area contributed by atoms with E-state index in [0.29, 0.717) is 5.71 Å². The molecule has 0 unspecified atom stereocenters. The molecule has 2 atom stereocenters. The summed E-state index contributed by atoms with van der Waals surface area (Å²) >= 11 is 0. The Morgan fingerprint density at radius 1 is 1.12 bits per heavy atom. The first-order chi connectivity index (χ1) is 11.2. The zero-order valence-electron chi connectivity index (χ0n) is 14.0. The van der Waals surface area contributed by atoms with Gasteiger partial charge in [0.1, 0.15) is 0 Å². The molecule has 1 N–H and O–H groups in total. The van der Waals surface area contributed by atoms with Gasteiger partial charge in [0.05, 0.1) is 23.3 Å². The van der Waals surface area contributed by atoms with Crippen molar-refractivity contribution in [1.82, 2.24) is 0 Å². The molecule has 0 saturated carbocycles. The Labute approximate surface area is 139 Å². The van der Waals surface area contributed by atoms with Crippen LogP contribution in [-0.4, -0.2) is 34.0 Å². The molecule has 2 aliphatic heterocycles. The molecule has 0 amide bonds. The maximum Gasteiger partial charge on any atom is 0.275 e. The van der Waals surface area contributed by atoms with Gasteiger partial charge in [-0.2, -0.15) is 0 Å². The molecule has 0 aromatic heterocycles. The summed E-state index contributed by atoms with van der Waals surface area (Å²) < 4.78 is 5.62. The Kier molecular flexibility index (Phi) is 3.69. The van der Waals surface area contributed by atoms with Crippen LogP contribution >= 0.6 is 0 Å². The molecule has 2 heterocycles. The van der Waals surface area contributed by atoms with E-state index in [4.69, 9.17) is 9.57 Å². The summed E-state index contributed by atoms with van der Waals surface area (Å²) in [7, 11) is 0. The van der Waals surface area contributed by atoms with Gasteiger partial charge in [0.25, 0.3) is 5.79 Å². The minimum absolute atomic E-state index is 0.0332. The van der Waals surface area contributed by atoms with E-state index in [0.717, 1.165) is 11.1 Å². The third-order valence-corrected chi connectivity index (χ3v) is 4.25. The number of hydrogen-bond donors (Lipinski definition) is 1. The van der Waals surface area contributed by atoms with Gasteiger partial charge in [-0.05, 0) is 33.3 Å². The van der Waals surface area contributed by atoms with E-state index in [1.807, 2.05) is 31.2 Å². The monoisotopic (exact) mass is 329 g/mol. The van der Waals surface area contributed by atoms with E-state index >= 15 is 0 Å². The van der Waals surface area contributed by atoms with Crippen LogP contribution in [0, 0.1) is 6.92 Å². The lowest BCUT2D eigenvalue weighted by atomic mass is 9.90. The average molecular weight is 329 g/mol. The second-order valence-corrected chi connectivity index (χ2v) is 6.37. The number of ketones is 2. The number of benzene rings is 1. The van der Waals surface area contributed by atoms with Crippen LogP contribution in [0.2, 0.25) is 0 Å². The van der Waals surface area contributed by atoms with Crippen molar-refractivity contribution in [2.24, 2.45) is 5.16 Å². The molecule has 0 saturated heterocycles. The highest BCUT2D eigenvalue weighted by Gasteiger charge is 2.60. The molecule has 6 nitrogen and oxygen atoms in total. The smallest absolute Gasteiger partial charge is 0.275 e. The zero-order valence-corrected chi connectivity index (χ0v) is 14.0. The average Bonchev–Trinajstić information content (AvgIpc) is 2.98. The normalized spacial score (nSPS) is 29.0. The Bertz CT molecular complexity index is 788. The first-order valence-electron chi connectivity index (χ1n) is 7.68. The predicted molar refractivity (Wildman–Crippen MR) is 86.2 cm³/mol. The standard InChI is InChI=1S/C18H19NO5/c1-10-5-7-13(8-6-10)14-9-18(24-19-14)16(12(3)21)15(11(2)20)17(4,22)23-18/h5-8,22H,9H2,1-4H3/t17-,18+/m1/s1. The van der Waals surface area contributed by atoms with Gasteiger partial charge in [-0.25, -0.2) is 0 Å². The molecule has 126 valence electrons. The summed E-state index contributed by atoms with van der Waals surface area (Å²) in [6.45, 7) is 5.91. The fourth-order valence-corrected chi connectivity index (χ4v) is 3.30. The quantitative estimate of drug-likeness (QED) is 0.917. The van der Waals surface area contributed by atoms with Crippen LogP contribution < -0.4 is 0 Å². The molecule has 0 fully saturated rings. The minimum Gasteiger partial charge on any atom is -0.362 e. The third-order valence-electron chi connectivity index (χ3n) is 4.25. The topological polar surface area (TPSA) is 85.2 Å². The van der Waals surface area contributed by atoms with Gasteiger partial charge >= 0.3 is 0 Å². The zero-order chi connectivity index (χ0) is 17.7. The van der Waals surface area contributed by atoms with Crippen molar-refractivity contribution in [1.29, 1.82) is 0 Å². The van der Waals surface area contributed by atoms with Crippen LogP contribution in [0.4, 0.5) is 0 Å². The van der Waals surface area contributed by atoms with Crippen LogP contribution in [0.15, 0.2) is 40.6 Å². The summed E-state index contributed by atoms with van der Waals surface area (Å²) in [6, 6.07) is 7.67. The van der Waals surface area contributed by atoms with Crippen LogP contribution in [0.3, 0.4) is 0 Å². The van der Waals surface area contributed by atoms with E-state index in [2.05, 4.69) is 5.16 Å². The van der Waals surface area contributed by atoms with Crippen molar-refractivity contribution in [3.05, 3.63) is 46.5 Å². The molecule has 0 radical (unpaired) electrons. The molecule has 0 bridgehead atoms. The number of carbonyl (C=O) groups is 2. The summed E-state index contributed by atoms with van der Waals surface area (Å²) in [6.07, 6.45) is 0.137. The van der Waals surface area contributed by atoms with Crippen LogP contribution in [0.25, 0.3) is 0 Å². The number of Topliss-reactive ketones (excluding diaryl/α,β-unsaturated/α-hetero) is 2. The van der Waals surface area contributed by atoms with Crippen molar-refractivity contribution in [2.75, 3.05) is 0 Å². The van der Waals surface area contributed by atoms with Crippen LogP contribution in [-0.2, 0) is 19.2 Å². The van der Waals surface area contributed by atoms with Crippen molar-refractivity contribution >= 4 is 17.3 Å². The lowest BCUT2D eigenvalue weighted by Gasteiger charge is -2.26. The molecule has 0 aliphatic carbocycles. The number of rotatable bonds is 3. The second-order valence-electron chi connectivity index (χ2n) is 6.37. The van der Waals surface area contributed by atoms with Gasteiger partial charge in [-0.1, -0.05) is 35.0 Å². The number of ether oxygens (including phenoxy) is 1.